The van der Waals surface area contributed by atoms with Crippen LogP contribution in [0.4, 0.5) is 5.82 Å². The molecule has 1 atom stereocenters. The Hall–Kier alpha value is -0.570. The van der Waals surface area contributed by atoms with Crippen LogP contribution in [0, 0.1) is 5.92 Å². The molecule has 0 radical (unpaired) electrons. The standard InChI is InChI=1S/C13H19BrN2/c1-2-3-11-6-7-16(10-11)13-5-4-12(8-14)9-15-13/h4-5,9,11H,2-3,6-8,10H2,1H3. The van der Waals surface area contributed by atoms with E-state index in [1.54, 1.807) is 0 Å². The van der Waals surface area contributed by atoms with Crippen molar-refractivity contribution in [3.8, 4) is 0 Å². The van der Waals surface area contributed by atoms with Gasteiger partial charge in [-0.15, -0.1) is 0 Å². The van der Waals surface area contributed by atoms with Gasteiger partial charge in [0.05, 0.1) is 0 Å². The zero-order valence-corrected chi connectivity index (χ0v) is 11.4. The van der Waals surface area contributed by atoms with E-state index in [-0.39, 0.29) is 0 Å². The van der Waals surface area contributed by atoms with Gasteiger partial charge in [-0.2, -0.15) is 0 Å². The SMILES string of the molecule is CCCC1CCN(c2ccc(CBr)cn2)C1. The molecule has 0 amide bonds. The molecule has 0 aromatic carbocycles. The number of halogens is 1. The van der Waals surface area contributed by atoms with Crippen LogP contribution in [0.25, 0.3) is 0 Å². The molecule has 0 N–H and O–H groups in total. The number of hydrogen-bond acceptors (Lipinski definition) is 2. The Morgan fingerprint density at radius 1 is 1.50 bits per heavy atom. The van der Waals surface area contributed by atoms with E-state index in [1.807, 2.05) is 6.20 Å². The highest BCUT2D eigenvalue weighted by Gasteiger charge is 2.22. The molecule has 1 aliphatic heterocycles. The van der Waals surface area contributed by atoms with Crippen molar-refractivity contribution in [1.29, 1.82) is 0 Å². The van der Waals surface area contributed by atoms with Gasteiger partial charge in [0.25, 0.3) is 0 Å². The summed E-state index contributed by atoms with van der Waals surface area (Å²) in [6, 6.07) is 4.30. The monoisotopic (exact) mass is 282 g/mol. The van der Waals surface area contributed by atoms with E-state index < -0.39 is 0 Å². The van der Waals surface area contributed by atoms with E-state index in [1.165, 1.54) is 37.9 Å². The second-order valence-corrected chi connectivity index (χ2v) is 5.11. The van der Waals surface area contributed by atoms with Crippen molar-refractivity contribution in [2.45, 2.75) is 31.5 Å². The van der Waals surface area contributed by atoms with E-state index >= 15 is 0 Å². The van der Waals surface area contributed by atoms with Crippen molar-refractivity contribution >= 4 is 21.7 Å². The molecule has 1 unspecified atom stereocenters. The van der Waals surface area contributed by atoms with Crippen molar-refractivity contribution < 1.29 is 0 Å². The van der Waals surface area contributed by atoms with Crippen molar-refractivity contribution in [2.24, 2.45) is 5.92 Å². The van der Waals surface area contributed by atoms with Gasteiger partial charge in [0.1, 0.15) is 5.82 Å². The lowest BCUT2D eigenvalue weighted by molar-refractivity contribution is 0.529. The third kappa shape index (κ3) is 2.76. The largest absolute Gasteiger partial charge is 0.356 e. The molecule has 0 saturated carbocycles. The maximum atomic E-state index is 4.52. The van der Waals surface area contributed by atoms with Crippen LogP contribution in [0.1, 0.15) is 31.7 Å². The number of anilines is 1. The second-order valence-electron chi connectivity index (χ2n) is 4.55. The Kier molecular flexibility index (Phi) is 4.22. The first-order valence-corrected chi connectivity index (χ1v) is 7.21. The zero-order valence-electron chi connectivity index (χ0n) is 9.82. The lowest BCUT2D eigenvalue weighted by Crippen LogP contribution is -2.20. The highest BCUT2D eigenvalue weighted by Crippen LogP contribution is 2.25. The van der Waals surface area contributed by atoms with Gasteiger partial charge in [-0.25, -0.2) is 4.98 Å². The summed E-state index contributed by atoms with van der Waals surface area (Å²) in [5.74, 6) is 2.02. The second kappa shape index (κ2) is 5.67. The number of rotatable bonds is 4. The zero-order chi connectivity index (χ0) is 11.4. The van der Waals surface area contributed by atoms with Crippen LogP contribution in [0.2, 0.25) is 0 Å². The van der Waals surface area contributed by atoms with E-state index in [0.29, 0.717) is 0 Å². The molecule has 2 rings (SSSR count). The maximum absolute atomic E-state index is 4.52. The molecule has 1 aliphatic rings. The molecular formula is C13H19BrN2. The number of aromatic nitrogens is 1. The highest BCUT2D eigenvalue weighted by atomic mass is 79.9. The van der Waals surface area contributed by atoms with Crippen LogP contribution in [-0.4, -0.2) is 18.1 Å². The molecule has 1 saturated heterocycles. The molecule has 1 aromatic heterocycles. The molecule has 0 bridgehead atoms. The molecule has 2 nitrogen and oxygen atoms in total. The number of hydrogen-bond donors (Lipinski definition) is 0. The van der Waals surface area contributed by atoms with Gasteiger partial charge < -0.3 is 4.90 Å². The minimum atomic E-state index is 0.877. The van der Waals surface area contributed by atoms with Gasteiger partial charge in [0.2, 0.25) is 0 Å². The van der Waals surface area contributed by atoms with Gasteiger partial charge in [-0.3, -0.25) is 0 Å². The molecular weight excluding hydrogens is 264 g/mol. The Balaban J connectivity index is 1.97. The number of nitrogens with zero attached hydrogens (tertiary/aromatic N) is 2. The van der Waals surface area contributed by atoms with E-state index in [2.05, 4.69) is 44.9 Å². The Morgan fingerprint density at radius 2 is 2.38 bits per heavy atom. The average Bonchev–Trinajstić information content (AvgIpc) is 2.78. The van der Waals surface area contributed by atoms with Gasteiger partial charge in [0, 0.05) is 24.6 Å². The average molecular weight is 283 g/mol. The fraction of sp³-hybridized carbons (Fsp3) is 0.615. The normalized spacial score (nSPS) is 20.4. The summed E-state index contributed by atoms with van der Waals surface area (Å²) in [5.41, 5.74) is 1.24. The third-order valence-corrected chi connectivity index (χ3v) is 3.92. The quantitative estimate of drug-likeness (QED) is 0.785. The summed E-state index contributed by atoms with van der Waals surface area (Å²) in [5, 5.41) is 0.888. The van der Waals surface area contributed by atoms with Crippen molar-refractivity contribution in [1.82, 2.24) is 4.98 Å². The minimum absolute atomic E-state index is 0.877. The topological polar surface area (TPSA) is 16.1 Å². The van der Waals surface area contributed by atoms with Crippen LogP contribution in [0.15, 0.2) is 18.3 Å². The summed E-state index contributed by atoms with van der Waals surface area (Å²) < 4.78 is 0. The van der Waals surface area contributed by atoms with Crippen LogP contribution in [0.5, 0.6) is 0 Å². The fourth-order valence-electron chi connectivity index (χ4n) is 2.37. The molecule has 1 aromatic rings. The Bertz CT molecular complexity index is 323. The summed E-state index contributed by atoms with van der Waals surface area (Å²) in [6.07, 6.45) is 5.96. The lowest BCUT2D eigenvalue weighted by Gasteiger charge is -2.17. The van der Waals surface area contributed by atoms with Gasteiger partial charge in [-0.05, 0) is 30.4 Å². The third-order valence-electron chi connectivity index (χ3n) is 3.27. The van der Waals surface area contributed by atoms with Crippen molar-refractivity contribution in [2.75, 3.05) is 18.0 Å². The van der Waals surface area contributed by atoms with Gasteiger partial charge >= 0.3 is 0 Å². The molecule has 16 heavy (non-hydrogen) atoms. The smallest absolute Gasteiger partial charge is 0.128 e. The Morgan fingerprint density at radius 3 is 3.00 bits per heavy atom. The summed E-state index contributed by atoms with van der Waals surface area (Å²) in [6.45, 7) is 4.63. The number of alkyl halides is 1. The maximum Gasteiger partial charge on any atom is 0.128 e. The summed E-state index contributed by atoms with van der Waals surface area (Å²) in [7, 11) is 0. The van der Waals surface area contributed by atoms with Crippen LogP contribution >= 0.6 is 15.9 Å². The summed E-state index contributed by atoms with van der Waals surface area (Å²) in [4.78, 5) is 6.94. The number of pyridine rings is 1. The molecule has 3 heteroatoms. The molecule has 1 fully saturated rings. The Labute approximate surface area is 106 Å². The van der Waals surface area contributed by atoms with Gasteiger partial charge in [-0.1, -0.05) is 35.3 Å². The van der Waals surface area contributed by atoms with E-state index in [0.717, 1.165) is 17.1 Å². The van der Waals surface area contributed by atoms with E-state index in [9.17, 15) is 0 Å². The lowest BCUT2D eigenvalue weighted by atomic mass is 10.0. The van der Waals surface area contributed by atoms with Crippen molar-refractivity contribution in [3.63, 3.8) is 0 Å². The van der Waals surface area contributed by atoms with E-state index in [4.69, 9.17) is 0 Å². The first kappa shape index (κ1) is 11.9. The first-order valence-electron chi connectivity index (χ1n) is 6.09. The molecule has 2 heterocycles. The van der Waals surface area contributed by atoms with Crippen LogP contribution < -0.4 is 4.90 Å². The minimum Gasteiger partial charge on any atom is -0.356 e. The van der Waals surface area contributed by atoms with Gasteiger partial charge in [0.15, 0.2) is 0 Å². The molecule has 0 aliphatic carbocycles. The predicted molar refractivity (Wildman–Crippen MR) is 72.1 cm³/mol. The van der Waals surface area contributed by atoms with Crippen LogP contribution in [0.3, 0.4) is 0 Å². The molecule has 0 spiro atoms. The highest BCUT2D eigenvalue weighted by molar-refractivity contribution is 9.08. The van der Waals surface area contributed by atoms with Crippen LogP contribution in [-0.2, 0) is 5.33 Å². The molecule has 88 valence electrons. The summed E-state index contributed by atoms with van der Waals surface area (Å²) >= 11 is 3.44. The first-order chi connectivity index (χ1) is 7.83. The van der Waals surface area contributed by atoms with Crippen molar-refractivity contribution in [3.05, 3.63) is 23.9 Å². The predicted octanol–water partition coefficient (Wildman–Crippen LogP) is 3.60. The fourth-order valence-corrected chi connectivity index (χ4v) is 2.70.